The van der Waals surface area contributed by atoms with Gasteiger partial charge in [0.2, 0.25) is 5.91 Å². The van der Waals surface area contributed by atoms with Gasteiger partial charge in [0, 0.05) is 29.8 Å². The van der Waals surface area contributed by atoms with Crippen LogP contribution in [0.4, 0.5) is 0 Å². The van der Waals surface area contributed by atoms with E-state index < -0.39 is 18.1 Å². The molecule has 0 radical (unpaired) electrons. The topological polar surface area (TPSA) is 118 Å². The number of hydrogen-bond donors (Lipinski definition) is 3. The summed E-state index contributed by atoms with van der Waals surface area (Å²) in [7, 11) is 0. The zero-order chi connectivity index (χ0) is 24.2. The number of benzene rings is 1. The summed E-state index contributed by atoms with van der Waals surface area (Å²) in [5, 5.41) is 22.7. The molecule has 0 aliphatic heterocycles. The molecule has 1 aliphatic rings. The fourth-order valence-electron chi connectivity index (χ4n) is 4.65. The van der Waals surface area contributed by atoms with Crippen LogP contribution in [0.15, 0.2) is 42.9 Å². The van der Waals surface area contributed by atoms with Crippen LogP contribution in [0.3, 0.4) is 0 Å². The maximum absolute atomic E-state index is 11.4. The van der Waals surface area contributed by atoms with E-state index in [0.29, 0.717) is 35.9 Å². The Kier molecular flexibility index (Phi) is 7.49. The van der Waals surface area contributed by atoms with Gasteiger partial charge in [0.05, 0.1) is 24.1 Å². The lowest BCUT2D eigenvalue weighted by Crippen LogP contribution is -2.36. The molecule has 0 bridgehead atoms. The highest BCUT2D eigenvalue weighted by molar-refractivity contribution is 6.33. The molecule has 3 aromatic rings. The second-order valence-corrected chi connectivity index (χ2v) is 9.01. The van der Waals surface area contributed by atoms with Crippen molar-refractivity contribution < 1.29 is 15.0 Å². The van der Waals surface area contributed by atoms with Gasteiger partial charge < -0.3 is 20.5 Å². The van der Waals surface area contributed by atoms with Crippen LogP contribution < -0.4 is 5.73 Å². The van der Waals surface area contributed by atoms with Crippen LogP contribution in [0.5, 0.6) is 0 Å². The molecule has 4 rings (SSSR count). The van der Waals surface area contributed by atoms with E-state index in [0.717, 1.165) is 23.9 Å². The largest absolute Gasteiger partial charge is 0.390 e. The second kappa shape index (κ2) is 10.5. The van der Waals surface area contributed by atoms with E-state index >= 15 is 0 Å². The number of aromatic nitrogens is 3. The standard InChI is InChI=1S/C25H28ClN5O3/c1-2-9-30(10-4-6-16-5-3-7-17(12-16)24(27)34)14-18-13-20(22(33)21(18)32)31-11-8-19-23(26)28-15-29-25(19)31/h3,5,7-8,11-12,15,18,20-22,32-33H,2,9-10,13-14H2,1H3,(H2,27,34)/t18-,20-,21-,22+/m1/s1. The Morgan fingerprint density at radius 1 is 1.29 bits per heavy atom. The highest BCUT2D eigenvalue weighted by Crippen LogP contribution is 2.38. The van der Waals surface area contributed by atoms with Crippen LogP contribution in [-0.4, -0.2) is 67.4 Å². The second-order valence-electron chi connectivity index (χ2n) is 8.65. The summed E-state index contributed by atoms with van der Waals surface area (Å²) >= 11 is 6.17. The minimum atomic E-state index is -0.916. The first-order chi connectivity index (χ1) is 16.4. The van der Waals surface area contributed by atoms with E-state index in [9.17, 15) is 15.0 Å². The Labute approximate surface area is 203 Å². The van der Waals surface area contributed by atoms with Gasteiger partial charge in [-0.25, -0.2) is 9.97 Å². The Balaban J connectivity index is 1.46. The lowest BCUT2D eigenvalue weighted by atomic mass is 10.0. The average Bonchev–Trinajstić information content (AvgIpc) is 3.37. The molecule has 1 fully saturated rings. The van der Waals surface area contributed by atoms with E-state index in [1.54, 1.807) is 18.2 Å². The average molecular weight is 482 g/mol. The first kappa shape index (κ1) is 24.2. The highest BCUT2D eigenvalue weighted by atomic mass is 35.5. The lowest BCUT2D eigenvalue weighted by Gasteiger charge is -2.25. The summed E-state index contributed by atoms with van der Waals surface area (Å²) in [5.74, 6) is 5.65. The monoisotopic (exact) mass is 481 g/mol. The molecule has 0 unspecified atom stereocenters. The first-order valence-electron chi connectivity index (χ1n) is 11.3. The molecule has 1 aliphatic carbocycles. The Morgan fingerprint density at radius 3 is 2.88 bits per heavy atom. The molecule has 34 heavy (non-hydrogen) atoms. The van der Waals surface area contributed by atoms with Gasteiger partial charge in [0.1, 0.15) is 23.2 Å². The van der Waals surface area contributed by atoms with Crippen molar-refractivity contribution in [1.82, 2.24) is 19.4 Å². The number of halogens is 1. The Morgan fingerprint density at radius 2 is 2.12 bits per heavy atom. The number of primary amides is 1. The fraction of sp³-hybridized carbons (Fsp3) is 0.400. The molecule has 0 saturated heterocycles. The molecule has 1 amide bonds. The maximum atomic E-state index is 11.4. The van der Waals surface area contributed by atoms with E-state index in [-0.39, 0.29) is 12.0 Å². The Hall–Kier alpha value is -2.96. The van der Waals surface area contributed by atoms with Crippen molar-refractivity contribution in [3.8, 4) is 11.8 Å². The van der Waals surface area contributed by atoms with E-state index in [4.69, 9.17) is 17.3 Å². The van der Waals surface area contributed by atoms with E-state index in [1.807, 2.05) is 22.9 Å². The van der Waals surface area contributed by atoms with Crippen LogP contribution in [0.2, 0.25) is 5.15 Å². The number of carbonyl (C=O) groups excluding carboxylic acids is 1. The van der Waals surface area contributed by atoms with Gasteiger partial charge in [0.15, 0.2) is 0 Å². The molecule has 4 N–H and O–H groups in total. The summed E-state index contributed by atoms with van der Waals surface area (Å²) in [6, 6.07) is 8.45. The van der Waals surface area contributed by atoms with Crippen LogP contribution in [-0.2, 0) is 0 Å². The third-order valence-corrected chi connectivity index (χ3v) is 6.61. The van der Waals surface area contributed by atoms with Gasteiger partial charge in [-0.15, -0.1) is 0 Å². The quantitative estimate of drug-likeness (QED) is 0.352. The first-order valence-corrected chi connectivity index (χ1v) is 11.7. The van der Waals surface area contributed by atoms with Crippen molar-refractivity contribution in [2.24, 2.45) is 11.7 Å². The van der Waals surface area contributed by atoms with Crippen LogP contribution in [0.25, 0.3) is 11.0 Å². The number of rotatable bonds is 7. The number of nitrogens with two attached hydrogens (primary N) is 1. The predicted octanol–water partition coefficient (Wildman–Crippen LogP) is 2.23. The summed E-state index contributed by atoms with van der Waals surface area (Å²) in [5.41, 5.74) is 7.14. The number of fused-ring (bicyclic) bond motifs is 1. The number of aliphatic hydroxyl groups excluding tert-OH is 2. The van der Waals surface area contributed by atoms with Crippen molar-refractivity contribution in [1.29, 1.82) is 0 Å². The van der Waals surface area contributed by atoms with Gasteiger partial charge in [-0.1, -0.05) is 36.4 Å². The molecular formula is C25H28ClN5O3. The molecule has 9 heteroatoms. The molecule has 1 aromatic carbocycles. The third kappa shape index (κ3) is 5.08. The SMILES string of the molecule is CCCN(CC#Cc1cccc(C(N)=O)c1)C[C@H]1C[C@@H](n2ccc3c(Cl)ncnc32)[C@H](O)[C@@H]1O. The molecule has 178 valence electrons. The van der Waals surface area contributed by atoms with Crippen LogP contribution >= 0.6 is 11.6 Å². The maximum Gasteiger partial charge on any atom is 0.248 e. The fourth-order valence-corrected chi connectivity index (χ4v) is 4.84. The number of aliphatic hydroxyl groups is 2. The minimum Gasteiger partial charge on any atom is -0.390 e. The Bertz CT molecular complexity index is 1230. The van der Waals surface area contributed by atoms with Crippen molar-refractivity contribution in [2.75, 3.05) is 19.6 Å². The molecule has 4 atom stereocenters. The predicted molar refractivity (Wildman–Crippen MR) is 130 cm³/mol. The summed E-state index contributed by atoms with van der Waals surface area (Å²) < 4.78 is 1.88. The van der Waals surface area contributed by atoms with Crippen LogP contribution in [0.1, 0.15) is 41.7 Å². The number of nitrogens with zero attached hydrogens (tertiary/aromatic N) is 4. The molecule has 2 heterocycles. The minimum absolute atomic E-state index is 0.124. The number of amides is 1. The normalized spacial score (nSPS) is 22.1. The van der Waals surface area contributed by atoms with E-state index in [1.165, 1.54) is 6.33 Å². The van der Waals surface area contributed by atoms with E-state index in [2.05, 4.69) is 33.6 Å². The number of hydrogen-bond acceptors (Lipinski definition) is 6. The number of carbonyl (C=O) groups is 1. The summed E-state index contributed by atoms with van der Waals surface area (Å²) in [6.07, 6.45) is 2.99. The van der Waals surface area contributed by atoms with Gasteiger partial charge in [-0.3, -0.25) is 9.69 Å². The van der Waals surface area contributed by atoms with Gasteiger partial charge in [-0.2, -0.15) is 0 Å². The molecular weight excluding hydrogens is 454 g/mol. The zero-order valence-corrected chi connectivity index (χ0v) is 19.7. The zero-order valence-electron chi connectivity index (χ0n) is 18.9. The third-order valence-electron chi connectivity index (χ3n) is 6.30. The lowest BCUT2D eigenvalue weighted by molar-refractivity contribution is 0.00107. The smallest absolute Gasteiger partial charge is 0.248 e. The van der Waals surface area contributed by atoms with Crippen molar-refractivity contribution in [2.45, 2.75) is 38.0 Å². The molecule has 8 nitrogen and oxygen atoms in total. The molecule has 0 spiro atoms. The van der Waals surface area contributed by atoms with Crippen molar-refractivity contribution in [3.05, 3.63) is 59.1 Å². The van der Waals surface area contributed by atoms with Crippen LogP contribution in [0, 0.1) is 17.8 Å². The summed E-state index contributed by atoms with van der Waals surface area (Å²) in [6.45, 7) is 4.02. The van der Waals surface area contributed by atoms with Gasteiger partial charge in [0.25, 0.3) is 0 Å². The van der Waals surface area contributed by atoms with Gasteiger partial charge >= 0.3 is 0 Å². The summed E-state index contributed by atoms with van der Waals surface area (Å²) in [4.78, 5) is 21.9. The molecule has 2 aromatic heterocycles. The van der Waals surface area contributed by atoms with Gasteiger partial charge in [-0.05, 0) is 43.7 Å². The van der Waals surface area contributed by atoms with Crippen molar-refractivity contribution in [3.63, 3.8) is 0 Å². The van der Waals surface area contributed by atoms with Crippen molar-refractivity contribution >= 4 is 28.5 Å². The highest BCUT2D eigenvalue weighted by Gasteiger charge is 2.43. The molecule has 1 saturated carbocycles.